The minimum absolute atomic E-state index is 0.00854. The van der Waals surface area contributed by atoms with Crippen molar-refractivity contribution in [1.82, 2.24) is 15.1 Å². The van der Waals surface area contributed by atoms with Gasteiger partial charge in [-0.3, -0.25) is 9.59 Å². The molecule has 1 aliphatic heterocycles. The Hall–Kier alpha value is -2.71. The fourth-order valence-electron chi connectivity index (χ4n) is 2.89. The van der Waals surface area contributed by atoms with Gasteiger partial charge in [0.15, 0.2) is 0 Å². The van der Waals surface area contributed by atoms with Gasteiger partial charge >= 0.3 is 0 Å². The highest BCUT2D eigenvalue weighted by molar-refractivity contribution is 7.98. The summed E-state index contributed by atoms with van der Waals surface area (Å²) in [5, 5.41) is 10.8. The number of hydrogen-bond acceptors (Lipinski definition) is 5. The van der Waals surface area contributed by atoms with Crippen molar-refractivity contribution in [1.29, 1.82) is 0 Å². The van der Waals surface area contributed by atoms with E-state index < -0.39 is 0 Å². The lowest BCUT2D eigenvalue weighted by molar-refractivity contribution is -0.122. The number of fused-ring (bicyclic) bond motifs is 1. The van der Waals surface area contributed by atoms with Gasteiger partial charge in [0.25, 0.3) is 5.91 Å². The van der Waals surface area contributed by atoms with Crippen LogP contribution in [-0.4, -0.2) is 21.6 Å². The van der Waals surface area contributed by atoms with Crippen molar-refractivity contribution in [2.75, 3.05) is 5.32 Å². The van der Waals surface area contributed by atoms with Gasteiger partial charge < -0.3 is 15.1 Å². The van der Waals surface area contributed by atoms with Gasteiger partial charge in [-0.25, -0.2) is 4.68 Å². The predicted octanol–water partition coefficient (Wildman–Crippen LogP) is 3.45. The standard InChI is InChI=1S/C19H17ClN4O3S/c20-13-5-3-12(4-6-13)19(26)22-18-15-10-28-11-16(15)23-24(18)9-17(25)21-8-14-2-1-7-27-14/h1-7H,8-11H2,(H,21,25)(H,22,26). The van der Waals surface area contributed by atoms with E-state index >= 15 is 0 Å². The number of halogens is 1. The molecular formula is C19H17ClN4O3S. The van der Waals surface area contributed by atoms with Crippen LogP contribution < -0.4 is 10.6 Å². The van der Waals surface area contributed by atoms with Crippen molar-refractivity contribution in [2.45, 2.75) is 24.6 Å². The number of furan rings is 1. The molecule has 0 fully saturated rings. The molecule has 3 aromatic rings. The second-order valence-corrected chi connectivity index (χ2v) is 7.66. The van der Waals surface area contributed by atoms with Crippen LogP contribution in [-0.2, 0) is 29.4 Å². The summed E-state index contributed by atoms with van der Waals surface area (Å²) >= 11 is 7.61. The van der Waals surface area contributed by atoms with E-state index in [4.69, 9.17) is 16.0 Å². The Morgan fingerprint density at radius 1 is 1.21 bits per heavy atom. The third-order valence-corrected chi connectivity index (χ3v) is 5.51. The molecule has 0 unspecified atom stereocenters. The maximum Gasteiger partial charge on any atom is 0.256 e. The number of nitrogens with zero attached hydrogens (tertiary/aromatic N) is 2. The van der Waals surface area contributed by atoms with E-state index in [9.17, 15) is 9.59 Å². The average Bonchev–Trinajstić information content (AvgIpc) is 3.41. The second kappa shape index (κ2) is 8.12. The molecule has 144 valence electrons. The van der Waals surface area contributed by atoms with Crippen LogP contribution in [0.2, 0.25) is 5.02 Å². The van der Waals surface area contributed by atoms with Crippen molar-refractivity contribution in [3.8, 4) is 0 Å². The lowest BCUT2D eigenvalue weighted by Crippen LogP contribution is -2.28. The Bertz CT molecular complexity index is 999. The molecule has 0 radical (unpaired) electrons. The first-order chi connectivity index (χ1) is 13.6. The van der Waals surface area contributed by atoms with E-state index in [1.807, 2.05) is 0 Å². The van der Waals surface area contributed by atoms with Crippen molar-refractivity contribution in [2.24, 2.45) is 0 Å². The van der Waals surface area contributed by atoms with E-state index in [0.29, 0.717) is 28.7 Å². The molecule has 0 bridgehead atoms. The summed E-state index contributed by atoms with van der Waals surface area (Å²) < 4.78 is 6.76. The van der Waals surface area contributed by atoms with E-state index in [1.165, 1.54) is 0 Å². The van der Waals surface area contributed by atoms with Crippen molar-refractivity contribution >= 4 is 41.0 Å². The molecule has 2 amide bonds. The molecule has 4 rings (SSSR count). The van der Waals surface area contributed by atoms with Crippen molar-refractivity contribution in [3.63, 3.8) is 0 Å². The van der Waals surface area contributed by atoms with Gasteiger partial charge in [0.2, 0.25) is 5.91 Å². The molecule has 2 aromatic heterocycles. The van der Waals surface area contributed by atoms with E-state index in [-0.39, 0.29) is 18.4 Å². The number of nitrogens with one attached hydrogen (secondary N) is 2. The number of aromatic nitrogens is 2. The van der Waals surface area contributed by atoms with Gasteiger partial charge in [0.1, 0.15) is 18.1 Å². The molecule has 3 heterocycles. The highest BCUT2D eigenvalue weighted by Gasteiger charge is 2.25. The molecule has 1 aromatic carbocycles. The Labute approximate surface area is 170 Å². The summed E-state index contributed by atoms with van der Waals surface area (Å²) in [4.78, 5) is 25.0. The smallest absolute Gasteiger partial charge is 0.256 e. The van der Waals surface area contributed by atoms with Crippen LogP contribution in [0.15, 0.2) is 47.1 Å². The molecule has 28 heavy (non-hydrogen) atoms. The van der Waals surface area contributed by atoms with Crippen LogP contribution in [0.3, 0.4) is 0 Å². The van der Waals surface area contributed by atoms with Gasteiger partial charge in [-0.15, -0.1) is 0 Å². The molecule has 1 aliphatic rings. The lowest BCUT2D eigenvalue weighted by Gasteiger charge is -2.11. The SMILES string of the molecule is O=C(Cn1nc2c(c1NC(=O)c1ccc(Cl)cc1)CSC2)NCc1ccco1. The Morgan fingerprint density at radius 3 is 2.79 bits per heavy atom. The molecule has 0 saturated carbocycles. The van der Waals surface area contributed by atoms with Crippen LogP contribution in [0.5, 0.6) is 0 Å². The minimum atomic E-state index is -0.270. The summed E-state index contributed by atoms with van der Waals surface area (Å²) in [7, 11) is 0. The number of thioether (sulfide) groups is 1. The van der Waals surface area contributed by atoms with Gasteiger partial charge in [-0.2, -0.15) is 16.9 Å². The highest BCUT2D eigenvalue weighted by Crippen LogP contribution is 2.34. The summed E-state index contributed by atoms with van der Waals surface area (Å²) in [6, 6.07) is 10.2. The molecular weight excluding hydrogens is 400 g/mol. The number of carbonyl (C=O) groups excluding carboxylic acids is 2. The average molecular weight is 417 g/mol. The highest BCUT2D eigenvalue weighted by atomic mass is 35.5. The zero-order chi connectivity index (χ0) is 19.5. The van der Waals surface area contributed by atoms with Gasteiger partial charge in [0, 0.05) is 27.7 Å². The zero-order valence-corrected chi connectivity index (χ0v) is 16.3. The largest absolute Gasteiger partial charge is 0.467 e. The molecule has 0 spiro atoms. The lowest BCUT2D eigenvalue weighted by atomic mass is 10.2. The molecule has 0 saturated heterocycles. The monoisotopic (exact) mass is 416 g/mol. The first-order valence-electron chi connectivity index (χ1n) is 8.62. The Balaban J connectivity index is 1.49. The van der Waals surface area contributed by atoms with Crippen LogP contribution >= 0.6 is 23.4 Å². The van der Waals surface area contributed by atoms with E-state index in [1.54, 1.807) is 59.1 Å². The molecule has 9 heteroatoms. The zero-order valence-electron chi connectivity index (χ0n) is 14.8. The third-order valence-electron chi connectivity index (χ3n) is 4.29. The maximum atomic E-state index is 12.6. The number of anilines is 1. The Kier molecular flexibility index (Phi) is 5.40. The number of amides is 2. The minimum Gasteiger partial charge on any atom is -0.467 e. The molecule has 2 N–H and O–H groups in total. The number of rotatable bonds is 6. The summed E-state index contributed by atoms with van der Waals surface area (Å²) in [6.07, 6.45) is 1.56. The topological polar surface area (TPSA) is 89.2 Å². The van der Waals surface area contributed by atoms with Crippen molar-refractivity contribution < 1.29 is 14.0 Å². The quantitative estimate of drug-likeness (QED) is 0.642. The summed E-state index contributed by atoms with van der Waals surface area (Å²) in [6.45, 7) is 0.309. The number of carbonyl (C=O) groups is 2. The number of hydrogen-bond donors (Lipinski definition) is 2. The van der Waals surface area contributed by atoms with Gasteiger partial charge in [0.05, 0.1) is 18.5 Å². The summed E-state index contributed by atoms with van der Waals surface area (Å²) in [5.74, 6) is 2.26. The normalized spacial score (nSPS) is 12.6. The van der Waals surface area contributed by atoms with Gasteiger partial charge in [-0.1, -0.05) is 11.6 Å². The van der Waals surface area contributed by atoms with Crippen LogP contribution in [0.25, 0.3) is 0 Å². The van der Waals surface area contributed by atoms with Crippen LogP contribution in [0.1, 0.15) is 27.4 Å². The Morgan fingerprint density at radius 2 is 2.04 bits per heavy atom. The van der Waals surface area contributed by atoms with E-state index in [0.717, 1.165) is 22.8 Å². The van der Waals surface area contributed by atoms with Crippen molar-refractivity contribution in [3.05, 3.63) is 70.3 Å². The van der Waals surface area contributed by atoms with E-state index in [2.05, 4.69) is 15.7 Å². The fourth-order valence-corrected chi connectivity index (χ4v) is 4.05. The summed E-state index contributed by atoms with van der Waals surface area (Å²) in [5.41, 5.74) is 2.35. The van der Waals surface area contributed by atoms with Gasteiger partial charge in [-0.05, 0) is 36.4 Å². The second-order valence-electron chi connectivity index (χ2n) is 6.24. The maximum absolute atomic E-state index is 12.6. The number of benzene rings is 1. The van der Waals surface area contributed by atoms with Crippen LogP contribution in [0.4, 0.5) is 5.82 Å². The predicted molar refractivity (Wildman–Crippen MR) is 107 cm³/mol. The molecule has 0 atom stereocenters. The third kappa shape index (κ3) is 4.07. The first-order valence-corrected chi connectivity index (χ1v) is 10.2. The fraction of sp³-hybridized carbons (Fsp3) is 0.211. The van der Waals surface area contributed by atoms with Crippen LogP contribution in [0, 0.1) is 0 Å². The molecule has 0 aliphatic carbocycles. The first kappa shape index (κ1) is 18.6. The molecule has 7 nitrogen and oxygen atoms in total.